The number of benzene rings is 2. The fourth-order valence-electron chi connectivity index (χ4n) is 2.35. The second-order valence-electron chi connectivity index (χ2n) is 5.42. The molecule has 1 aromatic heterocycles. The van der Waals surface area contributed by atoms with E-state index in [1.54, 1.807) is 17.6 Å². The van der Waals surface area contributed by atoms with E-state index in [0.29, 0.717) is 6.54 Å². The van der Waals surface area contributed by atoms with Gasteiger partial charge < -0.3 is 4.57 Å². The average Bonchev–Trinajstić information content (AvgIpc) is 3.00. The number of allylic oxidation sites excluding steroid dienone is 1. The molecule has 0 saturated heterocycles. The molecule has 0 fully saturated rings. The fraction of sp³-hybridized carbons (Fsp3) is 0.100. The molecule has 4 heteroatoms. The maximum Gasteiger partial charge on any atom is 0.211 e. The van der Waals surface area contributed by atoms with Gasteiger partial charge in [-0.1, -0.05) is 66.2 Å². The van der Waals surface area contributed by atoms with E-state index >= 15 is 0 Å². The molecule has 1 heterocycles. The van der Waals surface area contributed by atoms with Gasteiger partial charge in [-0.15, -0.1) is 23.0 Å². The Balaban J connectivity index is 1.96. The lowest BCUT2D eigenvalue weighted by atomic mass is 10.1. The Morgan fingerprint density at radius 3 is 2.54 bits per heavy atom. The molecule has 0 aliphatic carbocycles. The molecule has 0 radical (unpaired) electrons. The van der Waals surface area contributed by atoms with Gasteiger partial charge in [-0.2, -0.15) is 5.10 Å². The molecule has 0 aliphatic rings. The van der Waals surface area contributed by atoms with Gasteiger partial charge in [0.15, 0.2) is 0 Å². The number of hydrogen-bond donors (Lipinski definition) is 0. The van der Waals surface area contributed by atoms with E-state index in [9.17, 15) is 0 Å². The fourth-order valence-corrected chi connectivity index (χ4v) is 3.23. The predicted molar refractivity (Wildman–Crippen MR) is 102 cm³/mol. The van der Waals surface area contributed by atoms with Gasteiger partial charge in [-0.25, -0.2) is 0 Å². The van der Waals surface area contributed by atoms with Crippen molar-refractivity contribution in [3.63, 3.8) is 0 Å². The zero-order chi connectivity index (χ0) is 16.8. The van der Waals surface area contributed by atoms with E-state index in [4.69, 9.17) is 0 Å². The van der Waals surface area contributed by atoms with Crippen LogP contribution >= 0.6 is 11.3 Å². The summed E-state index contributed by atoms with van der Waals surface area (Å²) >= 11 is 1.59. The van der Waals surface area contributed by atoms with Crippen molar-refractivity contribution < 1.29 is 0 Å². The highest BCUT2D eigenvalue weighted by Crippen LogP contribution is 2.20. The molecular formula is C20H19N3S. The van der Waals surface area contributed by atoms with E-state index in [2.05, 4.69) is 57.9 Å². The molecular weight excluding hydrogens is 314 g/mol. The van der Waals surface area contributed by atoms with Crippen LogP contribution in [-0.4, -0.2) is 10.8 Å². The van der Waals surface area contributed by atoms with Gasteiger partial charge in [0.05, 0.1) is 11.9 Å². The molecule has 0 unspecified atom stereocenters. The van der Waals surface area contributed by atoms with Gasteiger partial charge in [0.25, 0.3) is 0 Å². The van der Waals surface area contributed by atoms with Gasteiger partial charge >= 0.3 is 0 Å². The summed E-state index contributed by atoms with van der Waals surface area (Å²) in [5, 5.41) is 10.7. The summed E-state index contributed by atoms with van der Waals surface area (Å²) in [5.74, 6) is 0. The van der Waals surface area contributed by atoms with Crippen molar-refractivity contribution in [3.8, 4) is 11.3 Å². The smallest absolute Gasteiger partial charge is 0.211 e. The van der Waals surface area contributed by atoms with Crippen LogP contribution in [0, 0.1) is 6.92 Å². The average molecular weight is 333 g/mol. The number of nitrogens with zero attached hydrogens (tertiary/aromatic N) is 3. The number of aromatic nitrogens is 1. The molecule has 3 nitrogen and oxygen atoms in total. The van der Waals surface area contributed by atoms with Crippen LogP contribution in [0.2, 0.25) is 0 Å². The van der Waals surface area contributed by atoms with E-state index in [1.807, 2.05) is 36.4 Å². The van der Waals surface area contributed by atoms with Gasteiger partial charge in [0.2, 0.25) is 4.80 Å². The van der Waals surface area contributed by atoms with Crippen molar-refractivity contribution >= 4 is 17.6 Å². The van der Waals surface area contributed by atoms with Crippen molar-refractivity contribution in [2.75, 3.05) is 0 Å². The first kappa shape index (κ1) is 16.1. The van der Waals surface area contributed by atoms with E-state index in [-0.39, 0.29) is 0 Å². The van der Waals surface area contributed by atoms with Crippen LogP contribution in [0.25, 0.3) is 11.3 Å². The van der Waals surface area contributed by atoms with Gasteiger partial charge in [-0.3, -0.25) is 0 Å². The van der Waals surface area contributed by atoms with Crippen LogP contribution in [0.5, 0.6) is 0 Å². The molecule has 3 rings (SSSR count). The minimum atomic E-state index is 0.701. The van der Waals surface area contributed by atoms with Crippen LogP contribution < -0.4 is 4.80 Å². The summed E-state index contributed by atoms with van der Waals surface area (Å²) in [6, 6.07) is 18.5. The minimum absolute atomic E-state index is 0.701. The molecule has 0 bridgehead atoms. The molecule has 120 valence electrons. The van der Waals surface area contributed by atoms with Gasteiger partial charge in [0.1, 0.15) is 0 Å². The van der Waals surface area contributed by atoms with Crippen molar-refractivity contribution in [1.82, 2.24) is 4.57 Å². The number of aryl methyl sites for hydroxylation is 1. The first-order valence-corrected chi connectivity index (χ1v) is 8.64. The highest BCUT2D eigenvalue weighted by molar-refractivity contribution is 7.07. The second-order valence-corrected chi connectivity index (χ2v) is 6.26. The van der Waals surface area contributed by atoms with Crippen LogP contribution in [0.3, 0.4) is 0 Å². The zero-order valence-electron chi connectivity index (χ0n) is 13.6. The molecule has 2 aromatic carbocycles. The standard InChI is InChI=1S/C20H19N3S/c1-3-13-23-19(18-11-9-16(2)10-12-18)15-24-20(23)22-21-14-17-7-5-4-6-8-17/h3-12,14-15H,1,13H2,2H3/b21-14-,22-20-. The Morgan fingerprint density at radius 2 is 1.83 bits per heavy atom. The molecule has 0 spiro atoms. The molecule has 0 saturated carbocycles. The summed E-state index contributed by atoms with van der Waals surface area (Å²) in [5.41, 5.74) is 4.59. The molecule has 0 amide bonds. The van der Waals surface area contributed by atoms with Crippen LogP contribution in [0.15, 0.2) is 82.8 Å². The van der Waals surface area contributed by atoms with Crippen LogP contribution in [0.4, 0.5) is 0 Å². The first-order chi connectivity index (χ1) is 11.8. The largest absolute Gasteiger partial charge is 0.311 e. The Morgan fingerprint density at radius 1 is 1.08 bits per heavy atom. The van der Waals surface area contributed by atoms with E-state index < -0.39 is 0 Å². The summed E-state index contributed by atoms with van der Waals surface area (Å²) in [6.45, 7) is 6.65. The third kappa shape index (κ3) is 3.78. The highest BCUT2D eigenvalue weighted by Gasteiger charge is 2.06. The third-order valence-electron chi connectivity index (χ3n) is 3.61. The van der Waals surface area contributed by atoms with Crippen molar-refractivity contribution in [1.29, 1.82) is 0 Å². The summed E-state index contributed by atoms with van der Waals surface area (Å²) in [4.78, 5) is 0.859. The van der Waals surface area contributed by atoms with Gasteiger partial charge in [-0.05, 0) is 18.1 Å². The third-order valence-corrected chi connectivity index (χ3v) is 4.46. The quantitative estimate of drug-likeness (QED) is 0.370. The lowest BCUT2D eigenvalue weighted by Crippen LogP contribution is -2.14. The molecule has 0 atom stereocenters. The number of hydrogen-bond acceptors (Lipinski definition) is 3. The Hall–Kier alpha value is -2.72. The minimum Gasteiger partial charge on any atom is -0.311 e. The Kier molecular flexibility index (Phi) is 5.18. The molecule has 3 aromatic rings. The normalized spacial score (nSPS) is 12.0. The van der Waals surface area contributed by atoms with Crippen LogP contribution in [-0.2, 0) is 6.54 Å². The molecule has 0 N–H and O–H groups in total. The first-order valence-electron chi connectivity index (χ1n) is 7.76. The van der Waals surface area contributed by atoms with Crippen molar-refractivity contribution in [2.24, 2.45) is 10.2 Å². The topological polar surface area (TPSA) is 29.6 Å². The van der Waals surface area contributed by atoms with Gasteiger partial charge in [0, 0.05) is 11.9 Å². The zero-order valence-corrected chi connectivity index (χ0v) is 14.4. The SMILES string of the molecule is C=CCn1c(-c2ccc(C)cc2)cs/c1=N\N=C/c1ccccc1. The van der Waals surface area contributed by atoms with Crippen molar-refractivity contribution in [3.05, 3.63) is 88.6 Å². The van der Waals surface area contributed by atoms with E-state index in [0.717, 1.165) is 16.1 Å². The van der Waals surface area contributed by atoms with E-state index in [1.165, 1.54) is 11.1 Å². The monoisotopic (exact) mass is 333 g/mol. The maximum absolute atomic E-state index is 4.39. The van der Waals surface area contributed by atoms with Crippen LogP contribution in [0.1, 0.15) is 11.1 Å². The number of rotatable bonds is 5. The lowest BCUT2D eigenvalue weighted by Gasteiger charge is -2.06. The molecule has 24 heavy (non-hydrogen) atoms. The van der Waals surface area contributed by atoms with Crippen molar-refractivity contribution in [2.45, 2.75) is 13.5 Å². The maximum atomic E-state index is 4.39. The highest BCUT2D eigenvalue weighted by atomic mass is 32.1. The summed E-state index contributed by atoms with van der Waals surface area (Å²) in [7, 11) is 0. The molecule has 0 aliphatic heterocycles. The predicted octanol–water partition coefficient (Wildman–Crippen LogP) is 4.65. The Labute approximate surface area is 146 Å². The summed E-state index contributed by atoms with van der Waals surface area (Å²) < 4.78 is 2.13. The second kappa shape index (κ2) is 7.70. The number of thiazole rings is 1. The Bertz CT molecular complexity index is 900. The summed E-state index contributed by atoms with van der Waals surface area (Å²) in [6.07, 6.45) is 3.65. The lowest BCUT2D eigenvalue weighted by molar-refractivity contribution is 0.789.